The van der Waals surface area contributed by atoms with Crippen molar-refractivity contribution in [1.29, 1.82) is 0 Å². The van der Waals surface area contributed by atoms with E-state index < -0.39 is 13.4 Å². The standard InChI is InChI=1S/C13H19BO4/c1-9-8-13(2,3)18-12(17-9)10-4-6-11(7-5-10)14(15)16/h4-7,9,12,15-16H,8H2,1-3H3/t9-,12+/m1/s1. The molecule has 1 fully saturated rings. The van der Waals surface area contributed by atoms with E-state index in [1.54, 1.807) is 24.3 Å². The van der Waals surface area contributed by atoms with Gasteiger partial charge in [0.15, 0.2) is 6.29 Å². The van der Waals surface area contributed by atoms with Gasteiger partial charge in [-0.15, -0.1) is 0 Å². The summed E-state index contributed by atoms with van der Waals surface area (Å²) in [5.41, 5.74) is 1.14. The molecule has 0 spiro atoms. The first kappa shape index (κ1) is 13.6. The van der Waals surface area contributed by atoms with Crippen LogP contribution in [0.1, 0.15) is 39.0 Å². The predicted octanol–water partition coefficient (Wildman–Crippen LogP) is 0.969. The largest absolute Gasteiger partial charge is 0.488 e. The summed E-state index contributed by atoms with van der Waals surface area (Å²) in [5.74, 6) is 0. The van der Waals surface area contributed by atoms with Gasteiger partial charge in [0.05, 0.1) is 11.7 Å². The molecule has 0 bridgehead atoms. The summed E-state index contributed by atoms with van der Waals surface area (Å²) in [6.45, 7) is 6.12. The molecule has 0 amide bonds. The molecule has 1 aromatic carbocycles. The Bertz CT molecular complexity index is 402. The van der Waals surface area contributed by atoms with Gasteiger partial charge in [0.25, 0.3) is 0 Å². The molecule has 0 saturated carbocycles. The zero-order valence-electron chi connectivity index (χ0n) is 11.0. The van der Waals surface area contributed by atoms with Crippen molar-refractivity contribution < 1.29 is 19.5 Å². The first-order chi connectivity index (χ1) is 8.37. The minimum Gasteiger partial charge on any atom is -0.423 e. The first-order valence-corrected chi connectivity index (χ1v) is 6.17. The minimum absolute atomic E-state index is 0.141. The number of hydrogen-bond donors (Lipinski definition) is 2. The Morgan fingerprint density at radius 2 is 1.83 bits per heavy atom. The van der Waals surface area contributed by atoms with E-state index in [1.807, 2.05) is 20.8 Å². The monoisotopic (exact) mass is 250 g/mol. The molecule has 2 N–H and O–H groups in total. The minimum atomic E-state index is -1.44. The Labute approximate surface area is 108 Å². The van der Waals surface area contributed by atoms with Gasteiger partial charge in [-0.25, -0.2) is 0 Å². The molecular weight excluding hydrogens is 231 g/mol. The lowest BCUT2D eigenvalue weighted by atomic mass is 9.80. The number of hydrogen-bond acceptors (Lipinski definition) is 4. The van der Waals surface area contributed by atoms with Crippen molar-refractivity contribution >= 4 is 12.6 Å². The lowest BCUT2D eigenvalue weighted by Crippen LogP contribution is -2.39. The number of rotatable bonds is 2. The lowest BCUT2D eigenvalue weighted by Gasteiger charge is -2.39. The third-order valence-electron chi connectivity index (χ3n) is 3.07. The van der Waals surface area contributed by atoms with E-state index >= 15 is 0 Å². The summed E-state index contributed by atoms with van der Waals surface area (Å²) in [4.78, 5) is 0. The van der Waals surface area contributed by atoms with Gasteiger partial charge in [0.2, 0.25) is 0 Å². The van der Waals surface area contributed by atoms with Gasteiger partial charge in [-0.1, -0.05) is 24.3 Å². The van der Waals surface area contributed by atoms with E-state index in [0.29, 0.717) is 5.46 Å². The zero-order valence-corrected chi connectivity index (χ0v) is 11.0. The molecule has 0 unspecified atom stereocenters. The smallest absolute Gasteiger partial charge is 0.423 e. The highest BCUT2D eigenvalue weighted by molar-refractivity contribution is 6.58. The summed E-state index contributed by atoms with van der Waals surface area (Å²) >= 11 is 0. The zero-order chi connectivity index (χ0) is 13.3. The molecule has 1 aromatic rings. The van der Waals surface area contributed by atoms with Crippen molar-refractivity contribution in [3.63, 3.8) is 0 Å². The quantitative estimate of drug-likeness (QED) is 0.768. The summed E-state index contributed by atoms with van der Waals surface area (Å²) in [6.07, 6.45) is 0.604. The van der Waals surface area contributed by atoms with Crippen molar-refractivity contribution in [1.82, 2.24) is 0 Å². The van der Waals surface area contributed by atoms with Gasteiger partial charge in [-0.2, -0.15) is 0 Å². The molecule has 2 rings (SSSR count). The molecule has 0 radical (unpaired) electrons. The van der Waals surface area contributed by atoms with Crippen molar-refractivity contribution in [2.75, 3.05) is 0 Å². The molecule has 0 aromatic heterocycles. The highest BCUT2D eigenvalue weighted by Gasteiger charge is 2.34. The second-order valence-electron chi connectivity index (χ2n) is 5.40. The lowest BCUT2D eigenvalue weighted by molar-refractivity contribution is -0.273. The van der Waals surface area contributed by atoms with Crippen molar-refractivity contribution in [3.8, 4) is 0 Å². The highest BCUT2D eigenvalue weighted by atomic mass is 16.7. The van der Waals surface area contributed by atoms with Crippen LogP contribution in [0.3, 0.4) is 0 Å². The molecule has 18 heavy (non-hydrogen) atoms. The van der Waals surface area contributed by atoms with Crippen LogP contribution >= 0.6 is 0 Å². The van der Waals surface area contributed by atoms with Crippen LogP contribution in [0.4, 0.5) is 0 Å². The predicted molar refractivity (Wildman–Crippen MR) is 69.3 cm³/mol. The highest BCUT2D eigenvalue weighted by Crippen LogP contribution is 2.35. The van der Waals surface area contributed by atoms with Crippen molar-refractivity contribution in [3.05, 3.63) is 29.8 Å². The topological polar surface area (TPSA) is 58.9 Å². The SMILES string of the molecule is C[C@@H]1CC(C)(C)O[C@@H](c2ccc(B(O)O)cc2)O1. The summed E-state index contributed by atoms with van der Waals surface area (Å²) < 4.78 is 11.6. The Morgan fingerprint density at radius 1 is 1.22 bits per heavy atom. The molecule has 1 saturated heterocycles. The second kappa shape index (κ2) is 5.01. The maximum Gasteiger partial charge on any atom is 0.488 e. The third kappa shape index (κ3) is 3.11. The van der Waals surface area contributed by atoms with Crippen LogP contribution in [0.5, 0.6) is 0 Å². The Balaban J connectivity index is 2.15. The van der Waals surface area contributed by atoms with Crippen LogP contribution in [-0.2, 0) is 9.47 Å². The van der Waals surface area contributed by atoms with Crippen LogP contribution in [0.2, 0.25) is 0 Å². The molecule has 4 nitrogen and oxygen atoms in total. The molecule has 1 aliphatic heterocycles. The molecule has 5 heteroatoms. The van der Waals surface area contributed by atoms with Gasteiger partial charge in [0.1, 0.15) is 0 Å². The van der Waals surface area contributed by atoms with Gasteiger partial charge in [0, 0.05) is 12.0 Å². The van der Waals surface area contributed by atoms with E-state index in [4.69, 9.17) is 19.5 Å². The van der Waals surface area contributed by atoms with E-state index in [1.165, 1.54) is 0 Å². The fourth-order valence-electron chi connectivity index (χ4n) is 2.29. The summed E-state index contributed by atoms with van der Waals surface area (Å²) in [7, 11) is -1.44. The molecule has 0 aliphatic carbocycles. The second-order valence-corrected chi connectivity index (χ2v) is 5.40. The average Bonchev–Trinajstić information content (AvgIpc) is 2.26. The maximum atomic E-state index is 9.04. The van der Waals surface area contributed by atoms with Crippen molar-refractivity contribution in [2.45, 2.75) is 45.2 Å². The molecule has 1 heterocycles. The van der Waals surface area contributed by atoms with Gasteiger partial charge < -0.3 is 19.5 Å². The van der Waals surface area contributed by atoms with Gasteiger partial charge in [-0.05, 0) is 26.2 Å². The molecule has 1 aliphatic rings. The summed E-state index contributed by atoms with van der Waals surface area (Å²) in [5, 5.41) is 18.1. The van der Waals surface area contributed by atoms with Crippen LogP contribution in [0, 0.1) is 0 Å². The fourth-order valence-corrected chi connectivity index (χ4v) is 2.29. The third-order valence-corrected chi connectivity index (χ3v) is 3.07. The maximum absolute atomic E-state index is 9.04. The van der Waals surface area contributed by atoms with E-state index in [0.717, 1.165) is 12.0 Å². The molecule has 2 atom stereocenters. The molecule has 98 valence electrons. The van der Waals surface area contributed by atoms with Gasteiger partial charge in [-0.3, -0.25) is 0 Å². The normalized spacial score (nSPS) is 26.9. The number of benzene rings is 1. The average molecular weight is 250 g/mol. The van der Waals surface area contributed by atoms with E-state index in [9.17, 15) is 0 Å². The van der Waals surface area contributed by atoms with Gasteiger partial charge >= 0.3 is 7.12 Å². The Morgan fingerprint density at radius 3 is 2.33 bits per heavy atom. The van der Waals surface area contributed by atoms with Crippen LogP contribution < -0.4 is 5.46 Å². The van der Waals surface area contributed by atoms with Crippen molar-refractivity contribution in [2.24, 2.45) is 0 Å². The summed E-state index contributed by atoms with van der Waals surface area (Å²) in [6, 6.07) is 6.93. The Hall–Kier alpha value is -0.875. The van der Waals surface area contributed by atoms with Crippen LogP contribution in [-0.4, -0.2) is 28.9 Å². The number of ether oxygens (including phenoxy) is 2. The Kier molecular flexibility index (Phi) is 3.78. The van der Waals surface area contributed by atoms with Crippen LogP contribution in [0.15, 0.2) is 24.3 Å². The fraction of sp³-hybridized carbons (Fsp3) is 0.538. The first-order valence-electron chi connectivity index (χ1n) is 6.17. The molecular formula is C13H19BO4. The van der Waals surface area contributed by atoms with E-state index in [-0.39, 0.29) is 11.7 Å². The van der Waals surface area contributed by atoms with Crippen LogP contribution in [0.25, 0.3) is 0 Å². The van der Waals surface area contributed by atoms with E-state index in [2.05, 4.69) is 0 Å².